The van der Waals surface area contributed by atoms with Crippen molar-refractivity contribution in [1.82, 2.24) is 10.2 Å². The first-order chi connectivity index (χ1) is 13.7. The van der Waals surface area contributed by atoms with Gasteiger partial charge >= 0.3 is 0 Å². The van der Waals surface area contributed by atoms with E-state index in [9.17, 15) is 9.59 Å². The number of piperidine rings is 1. The summed E-state index contributed by atoms with van der Waals surface area (Å²) in [5.41, 5.74) is 2.49. The molecular weight excluding hydrogens is 364 g/mol. The van der Waals surface area contributed by atoms with E-state index in [-0.39, 0.29) is 23.1 Å². The van der Waals surface area contributed by atoms with E-state index in [1.54, 1.807) is 7.05 Å². The highest BCUT2D eigenvalue weighted by molar-refractivity contribution is 5.79. The van der Waals surface area contributed by atoms with Crippen LogP contribution in [0.1, 0.15) is 63.5 Å². The molecule has 5 nitrogen and oxygen atoms in total. The third kappa shape index (κ3) is 7.37. The van der Waals surface area contributed by atoms with Crippen molar-refractivity contribution in [2.75, 3.05) is 26.7 Å². The Kier molecular flexibility index (Phi) is 8.54. The Morgan fingerprint density at radius 3 is 2.52 bits per heavy atom. The van der Waals surface area contributed by atoms with Gasteiger partial charge < -0.3 is 15.0 Å². The van der Waals surface area contributed by atoms with E-state index < -0.39 is 0 Å². The van der Waals surface area contributed by atoms with Gasteiger partial charge in [0.1, 0.15) is 5.75 Å². The van der Waals surface area contributed by atoms with Crippen LogP contribution in [0, 0.1) is 25.2 Å². The van der Waals surface area contributed by atoms with Crippen LogP contribution < -0.4 is 10.1 Å². The van der Waals surface area contributed by atoms with Crippen molar-refractivity contribution in [3.8, 4) is 5.75 Å². The molecule has 1 aliphatic rings. The minimum absolute atomic E-state index is 0.0533. The first-order valence-corrected chi connectivity index (χ1v) is 10.9. The Hall–Kier alpha value is -2.04. The van der Waals surface area contributed by atoms with Gasteiger partial charge in [0.2, 0.25) is 11.8 Å². The number of benzene rings is 1. The molecule has 0 radical (unpaired) electrons. The summed E-state index contributed by atoms with van der Waals surface area (Å²) in [5, 5.41) is 2.71. The average molecular weight is 403 g/mol. The van der Waals surface area contributed by atoms with Crippen LogP contribution in [0.2, 0.25) is 0 Å². The molecule has 29 heavy (non-hydrogen) atoms. The maximum absolute atomic E-state index is 12.6. The summed E-state index contributed by atoms with van der Waals surface area (Å²) in [4.78, 5) is 26.2. The Bertz CT molecular complexity index is 691. The quantitative estimate of drug-likeness (QED) is 0.628. The van der Waals surface area contributed by atoms with Crippen LogP contribution in [-0.2, 0) is 9.59 Å². The second-order valence-corrected chi connectivity index (χ2v) is 9.15. The number of carbonyl (C=O) groups is 2. The molecule has 0 spiro atoms. The number of rotatable bonds is 9. The summed E-state index contributed by atoms with van der Waals surface area (Å²) >= 11 is 0. The standard InChI is InChI=1S/C24H38N2O3/c1-18-7-8-19(2)21(17-18)29-16-6-12-24(3,4)13-9-22(27)26-14-10-20(11-15-26)23(28)25-5/h7-8,17,20H,6,9-16H2,1-5H3,(H,25,28). The molecule has 1 fully saturated rings. The van der Waals surface area contributed by atoms with E-state index >= 15 is 0 Å². The molecule has 1 N–H and O–H groups in total. The van der Waals surface area contributed by atoms with Crippen LogP contribution in [0.15, 0.2) is 18.2 Å². The third-order valence-corrected chi connectivity index (χ3v) is 6.08. The predicted octanol–water partition coefficient (Wildman–Crippen LogP) is 4.25. The van der Waals surface area contributed by atoms with Crippen molar-refractivity contribution in [3.63, 3.8) is 0 Å². The van der Waals surface area contributed by atoms with Crippen molar-refractivity contribution in [3.05, 3.63) is 29.3 Å². The fourth-order valence-electron chi connectivity index (χ4n) is 3.92. The van der Waals surface area contributed by atoms with E-state index in [0.29, 0.717) is 26.1 Å². The first kappa shape index (κ1) is 23.2. The topological polar surface area (TPSA) is 58.6 Å². The van der Waals surface area contributed by atoms with Crippen molar-refractivity contribution < 1.29 is 14.3 Å². The molecule has 1 saturated heterocycles. The number of amides is 2. The molecule has 1 aromatic carbocycles. The highest BCUT2D eigenvalue weighted by Gasteiger charge is 2.27. The van der Waals surface area contributed by atoms with Crippen molar-refractivity contribution in [2.24, 2.45) is 11.3 Å². The molecule has 2 rings (SSSR count). The molecule has 1 heterocycles. The number of nitrogens with zero attached hydrogens (tertiary/aromatic N) is 1. The van der Waals surface area contributed by atoms with Gasteiger partial charge in [-0.3, -0.25) is 9.59 Å². The number of hydrogen-bond acceptors (Lipinski definition) is 3. The highest BCUT2D eigenvalue weighted by atomic mass is 16.5. The molecular formula is C24H38N2O3. The Morgan fingerprint density at radius 1 is 1.17 bits per heavy atom. The van der Waals surface area contributed by atoms with Gasteiger partial charge in [-0.25, -0.2) is 0 Å². The van der Waals surface area contributed by atoms with Gasteiger partial charge in [-0.15, -0.1) is 0 Å². The molecule has 0 aromatic heterocycles. The zero-order valence-electron chi connectivity index (χ0n) is 18.8. The number of likely N-dealkylation sites (tertiary alicyclic amines) is 1. The van der Waals surface area contributed by atoms with Gasteiger partial charge in [0.25, 0.3) is 0 Å². The number of ether oxygens (including phenoxy) is 1. The van der Waals surface area contributed by atoms with Gasteiger partial charge in [0, 0.05) is 32.5 Å². The Morgan fingerprint density at radius 2 is 1.86 bits per heavy atom. The molecule has 0 aliphatic carbocycles. The molecule has 0 atom stereocenters. The number of aryl methyl sites for hydroxylation is 2. The van der Waals surface area contributed by atoms with Crippen LogP contribution in [0.5, 0.6) is 5.75 Å². The van der Waals surface area contributed by atoms with Crippen molar-refractivity contribution >= 4 is 11.8 Å². The lowest BCUT2D eigenvalue weighted by Gasteiger charge is -2.32. The fourth-order valence-corrected chi connectivity index (χ4v) is 3.92. The van der Waals surface area contributed by atoms with E-state index in [4.69, 9.17) is 4.74 Å². The fraction of sp³-hybridized carbons (Fsp3) is 0.667. The van der Waals surface area contributed by atoms with Gasteiger partial charge in [0.15, 0.2) is 0 Å². The van der Waals surface area contributed by atoms with E-state index in [1.165, 1.54) is 11.1 Å². The lowest BCUT2D eigenvalue weighted by molar-refractivity contribution is -0.136. The van der Waals surface area contributed by atoms with E-state index in [1.807, 2.05) is 4.90 Å². The van der Waals surface area contributed by atoms with Crippen molar-refractivity contribution in [2.45, 2.75) is 66.2 Å². The predicted molar refractivity (Wildman–Crippen MR) is 117 cm³/mol. The number of hydrogen-bond donors (Lipinski definition) is 1. The van der Waals surface area contributed by atoms with Crippen LogP contribution in [0.3, 0.4) is 0 Å². The first-order valence-electron chi connectivity index (χ1n) is 10.9. The number of nitrogens with one attached hydrogen (secondary N) is 1. The zero-order valence-corrected chi connectivity index (χ0v) is 18.8. The minimum atomic E-state index is 0.0533. The maximum atomic E-state index is 12.6. The lowest BCUT2D eigenvalue weighted by atomic mass is 9.83. The molecule has 5 heteroatoms. The van der Waals surface area contributed by atoms with Gasteiger partial charge in [-0.1, -0.05) is 26.0 Å². The summed E-state index contributed by atoms with van der Waals surface area (Å²) in [5.74, 6) is 1.34. The summed E-state index contributed by atoms with van der Waals surface area (Å²) in [6.45, 7) is 10.7. The maximum Gasteiger partial charge on any atom is 0.222 e. The van der Waals surface area contributed by atoms with Gasteiger partial charge in [-0.05, 0) is 68.6 Å². The van der Waals surface area contributed by atoms with Crippen molar-refractivity contribution in [1.29, 1.82) is 0 Å². The SMILES string of the molecule is CNC(=O)C1CCN(C(=O)CCC(C)(C)CCCOc2cc(C)ccc2C)CC1. The van der Waals surface area contributed by atoms with Gasteiger partial charge in [-0.2, -0.15) is 0 Å². The van der Waals surface area contributed by atoms with Crippen LogP contribution in [0.4, 0.5) is 0 Å². The molecule has 162 valence electrons. The summed E-state index contributed by atoms with van der Waals surface area (Å²) in [6.07, 6.45) is 5.01. The lowest BCUT2D eigenvalue weighted by Crippen LogP contribution is -2.42. The van der Waals surface area contributed by atoms with Crippen LogP contribution >= 0.6 is 0 Å². The van der Waals surface area contributed by atoms with Crippen LogP contribution in [0.25, 0.3) is 0 Å². The number of carbonyl (C=O) groups excluding carboxylic acids is 2. The van der Waals surface area contributed by atoms with Gasteiger partial charge in [0.05, 0.1) is 6.61 Å². The van der Waals surface area contributed by atoms with E-state index in [2.05, 4.69) is 51.2 Å². The Labute approximate surface area is 176 Å². The molecule has 0 bridgehead atoms. The normalized spacial score (nSPS) is 15.3. The zero-order chi connectivity index (χ0) is 21.4. The second kappa shape index (κ2) is 10.7. The largest absolute Gasteiger partial charge is 0.493 e. The summed E-state index contributed by atoms with van der Waals surface area (Å²) < 4.78 is 5.96. The molecule has 1 aromatic rings. The highest BCUT2D eigenvalue weighted by Crippen LogP contribution is 2.29. The third-order valence-electron chi connectivity index (χ3n) is 6.08. The monoisotopic (exact) mass is 402 g/mol. The molecule has 0 unspecified atom stereocenters. The van der Waals surface area contributed by atoms with E-state index in [0.717, 1.165) is 37.9 Å². The molecule has 1 aliphatic heterocycles. The summed E-state index contributed by atoms with van der Waals surface area (Å²) in [6, 6.07) is 6.29. The average Bonchev–Trinajstić information content (AvgIpc) is 2.71. The molecule has 0 saturated carbocycles. The second-order valence-electron chi connectivity index (χ2n) is 9.15. The summed E-state index contributed by atoms with van der Waals surface area (Å²) in [7, 11) is 1.68. The Balaban J connectivity index is 1.68. The smallest absolute Gasteiger partial charge is 0.222 e. The molecule has 2 amide bonds. The minimum Gasteiger partial charge on any atom is -0.493 e. The van der Waals surface area contributed by atoms with Crippen LogP contribution in [-0.4, -0.2) is 43.5 Å².